The molecule has 0 aliphatic rings. The van der Waals surface area contributed by atoms with Crippen LogP contribution < -0.4 is 15.6 Å². The minimum Gasteiger partial charge on any atom is -0.495 e. The number of hydrogen-bond donors (Lipinski definition) is 1. The van der Waals surface area contributed by atoms with Crippen LogP contribution in [0.3, 0.4) is 0 Å². The molecule has 2 aromatic rings. The molecule has 0 saturated heterocycles. The lowest BCUT2D eigenvalue weighted by Gasteiger charge is -2.11. The Hall–Kier alpha value is -2.56. The maximum absolute atomic E-state index is 12.2. The Morgan fingerprint density at radius 3 is 2.75 bits per heavy atom. The molecule has 1 heterocycles. The Morgan fingerprint density at radius 1 is 1.30 bits per heavy atom. The Bertz CT molecular complexity index is 705. The first-order valence-corrected chi connectivity index (χ1v) is 6.14. The monoisotopic (exact) mass is 272 g/mol. The highest BCUT2D eigenvalue weighted by atomic mass is 16.5. The normalized spacial score (nSPS) is 10.2. The molecule has 5 heteroatoms. The van der Waals surface area contributed by atoms with Gasteiger partial charge in [-0.2, -0.15) is 0 Å². The minimum atomic E-state index is -0.449. The number of pyridine rings is 1. The molecule has 5 nitrogen and oxygen atoms in total. The molecule has 1 N–H and O–H groups in total. The highest BCUT2D eigenvalue weighted by Crippen LogP contribution is 2.25. The summed E-state index contributed by atoms with van der Waals surface area (Å²) in [5.41, 5.74) is 1.29. The molecule has 1 aromatic heterocycles. The summed E-state index contributed by atoms with van der Waals surface area (Å²) < 4.78 is 6.56. The van der Waals surface area contributed by atoms with Crippen LogP contribution in [0.15, 0.2) is 41.3 Å². The average molecular weight is 272 g/mol. The number of carbonyl (C=O) groups excluding carboxylic acids is 1. The zero-order chi connectivity index (χ0) is 14.7. The van der Waals surface area contributed by atoms with Crippen molar-refractivity contribution >= 4 is 11.6 Å². The topological polar surface area (TPSA) is 60.3 Å². The molecule has 104 valence electrons. The summed E-state index contributed by atoms with van der Waals surface area (Å²) in [6.45, 7) is 1.91. The molecule has 0 saturated carbocycles. The standard InChI is InChI=1S/C15H16N2O3/c1-10-6-7-13(20-3)12(9-10)16-14(18)11-5-4-8-17(2)15(11)19/h4-9H,1-3H3,(H,16,18). The number of aromatic nitrogens is 1. The quantitative estimate of drug-likeness (QED) is 0.929. The van der Waals surface area contributed by atoms with E-state index in [1.54, 1.807) is 31.4 Å². The van der Waals surface area contributed by atoms with Crippen molar-refractivity contribution < 1.29 is 9.53 Å². The number of nitrogens with zero attached hydrogens (tertiary/aromatic N) is 1. The minimum absolute atomic E-state index is 0.0959. The molecule has 0 radical (unpaired) electrons. The van der Waals surface area contributed by atoms with Gasteiger partial charge < -0.3 is 14.6 Å². The fraction of sp³-hybridized carbons (Fsp3) is 0.200. The zero-order valence-electron chi connectivity index (χ0n) is 11.6. The number of amides is 1. The van der Waals surface area contributed by atoms with E-state index in [2.05, 4.69) is 5.32 Å². The molecule has 0 aliphatic heterocycles. The summed E-state index contributed by atoms with van der Waals surface area (Å²) in [5.74, 6) is 0.104. The second kappa shape index (κ2) is 5.61. The van der Waals surface area contributed by atoms with E-state index in [1.165, 1.54) is 17.7 Å². The summed E-state index contributed by atoms with van der Waals surface area (Å²) >= 11 is 0. The first kappa shape index (κ1) is 13.9. The van der Waals surface area contributed by atoms with Crippen molar-refractivity contribution in [2.45, 2.75) is 6.92 Å². The molecule has 0 aliphatic carbocycles. The van der Waals surface area contributed by atoms with Gasteiger partial charge >= 0.3 is 0 Å². The maximum Gasteiger partial charge on any atom is 0.263 e. The lowest BCUT2D eigenvalue weighted by Crippen LogP contribution is -2.27. The van der Waals surface area contributed by atoms with Crippen molar-refractivity contribution in [1.29, 1.82) is 0 Å². The number of ether oxygens (including phenoxy) is 1. The van der Waals surface area contributed by atoms with E-state index in [4.69, 9.17) is 4.74 Å². The molecule has 0 unspecified atom stereocenters. The van der Waals surface area contributed by atoms with Crippen LogP contribution in [-0.4, -0.2) is 17.6 Å². The third-order valence-corrected chi connectivity index (χ3v) is 2.97. The van der Waals surface area contributed by atoms with Gasteiger partial charge in [0.25, 0.3) is 11.5 Å². The molecule has 1 aromatic carbocycles. The maximum atomic E-state index is 12.2. The molecule has 0 spiro atoms. The number of nitrogens with one attached hydrogen (secondary N) is 1. The summed E-state index contributed by atoms with van der Waals surface area (Å²) in [6, 6.07) is 8.61. The third kappa shape index (κ3) is 2.71. The smallest absolute Gasteiger partial charge is 0.263 e. The molecule has 1 amide bonds. The largest absolute Gasteiger partial charge is 0.495 e. The van der Waals surface area contributed by atoms with Crippen LogP contribution in [0.25, 0.3) is 0 Å². The molecule has 0 fully saturated rings. The fourth-order valence-corrected chi connectivity index (χ4v) is 1.88. The predicted molar refractivity (Wildman–Crippen MR) is 77.4 cm³/mol. The Morgan fingerprint density at radius 2 is 2.05 bits per heavy atom. The van der Waals surface area contributed by atoms with Gasteiger partial charge in [0.2, 0.25) is 0 Å². The lowest BCUT2D eigenvalue weighted by atomic mass is 10.2. The van der Waals surface area contributed by atoms with Crippen LogP contribution in [0.4, 0.5) is 5.69 Å². The molecule has 20 heavy (non-hydrogen) atoms. The number of methoxy groups -OCH3 is 1. The van der Waals surface area contributed by atoms with E-state index >= 15 is 0 Å². The average Bonchev–Trinajstić information content (AvgIpc) is 2.42. The van der Waals surface area contributed by atoms with Crippen LogP contribution in [0.1, 0.15) is 15.9 Å². The van der Waals surface area contributed by atoms with Gasteiger partial charge in [0, 0.05) is 13.2 Å². The Balaban J connectivity index is 2.35. The Kier molecular flexibility index (Phi) is 3.89. The summed E-state index contributed by atoms with van der Waals surface area (Å²) in [4.78, 5) is 24.1. The van der Waals surface area contributed by atoms with Gasteiger partial charge in [-0.15, -0.1) is 0 Å². The van der Waals surface area contributed by atoms with Crippen molar-refractivity contribution in [3.05, 3.63) is 58.0 Å². The van der Waals surface area contributed by atoms with Crippen molar-refractivity contribution in [1.82, 2.24) is 4.57 Å². The molecular formula is C15H16N2O3. The lowest BCUT2D eigenvalue weighted by molar-refractivity contribution is 0.102. The summed E-state index contributed by atoms with van der Waals surface area (Å²) in [5, 5.41) is 2.71. The first-order valence-electron chi connectivity index (χ1n) is 6.14. The van der Waals surface area contributed by atoms with E-state index < -0.39 is 5.91 Å². The molecular weight excluding hydrogens is 256 g/mol. The van der Waals surface area contributed by atoms with Gasteiger partial charge in [0.15, 0.2) is 0 Å². The van der Waals surface area contributed by atoms with Gasteiger partial charge in [-0.25, -0.2) is 0 Å². The second-order valence-corrected chi connectivity index (χ2v) is 4.50. The highest BCUT2D eigenvalue weighted by molar-refractivity contribution is 6.04. The van der Waals surface area contributed by atoms with E-state index in [0.29, 0.717) is 11.4 Å². The van der Waals surface area contributed by atoms with Crippen LogP contribution in [-0.2, 0) is 7.05 Å². The number of aryl methyl sites for hydroxylation is 2. The van der Waals surface area contributed by atoms with Gasteiger partial charge in [-0.1, -0.05) is 6.07 Å². The number of rotatable bonds is 3. The van der Waals surface area contributed by atoms with E-state index in [0.717, 1.165) is 5.56 Å². The number of benzene rings is 1. The van der Waals surface area contributed by atoms with E-state index in [9.17, 15) is 9.59 Å². The molecule has 0 bridgehead atoms. The van der Waals surface area contributed by atoms with Crippen molar-refractivity contribution in [3.8, 4) is 5.75 Å². The predicted octanol–water partition coefficient (Wildman–Crippen LogP) is 1.95. The van der Waals surface area contributed by atoms with Crippen LogP contribution in [0.2, 0.25) is 0 Å². The highest BCUT2D eigenvalue weighted by Gasteiger charge is 2.13. The summed E-state index contributed by atoms with van der Waals surface area (Å²) in [7, 11) is 3.13. The van der Waals surface area contributed by atoms with Crippen LogP contribution in [0, 0.1) is 6.92 Å². The number of hydrogen-bond acceptors (Lipinski definition) is 3. The molecule has 2 rings (SSSR count). The Labute approximate surface area is 116 Å². The zero-order valence-corrected chi connectivity index (χ0v) is 11.6. The number of anilines is 1. The van der Waals surface area contributed by atoms with Crippen LogP contribution in [0.5, 0.6) is 5.75 Å². The van der Waals surface area contributed by atoms with Gasteiger partial charge in [-0.05, 0) is 36.8 Å². The fourth-order valence-electron chi connectivity index (χ4n) is 1.88. The summed E-state index contributed by atoms with van der Waals surface area (Å²) in [6.07, 6.45) is 1.60. The van der Waals surface area contributed by atoms with Crippen molar-refractivity contribution in [2.75, 3.05) is 12.4 Å². The van der Waals surface area contributed by atoms with Crippen LogP contribution >= 0.6 is 0 Å². The van der Waals surface area contributed by atoms with Crippen molar-refractivity contribution in [2.24, 2.45) is 7.05 Å². The van der Waals surface area contributed by atoms with E-state index in [1.807, 2.05) is 13.0 Å². The number of carbonyl (C=O) groups is 1. The first-order chi connectivity index (χ1) is 9.52. The molecule has 0 atom stereocenters. The SMILES string of the molecule is COc1ccc(C)cc1NC(=O)c1cccn(C)c1=O. The van der Waals surface area contributed by atoms with Gasteiger partial charge in [0.1, 0.15) is 11.3 Å². The van der Waals surface area contributed by atoms with Gasteiger partial charge in [-0.3, -0.25) is 9.59 Å². The van der Waals surface area contributed by atoms with Gasteiger partial charge in [0.05, 0.1) is 12.8 Å². The third-order valence-electron chi connectivity index (χ3n) is 2.97. The second-order valence-electron chi connectivity index (χ2n) is 4.50. The van der Waals surface area contributed by atoms with E-state index in [-0.39, 0.29) is 11.1 Å². The van der Waals surface area contributed by atoms with Crippen molar-refractivity contribution in [3.63, 3.8) is 0 Å².